The molecule has 0 bridgehead atoms. The Morgan fingerprint density at radius 3 is 2.04 bits per heavy atom. The van der Waals surface area contributed by atoms with Crippen molar-refractivity contribution in [1.29, 1.82) is 0 Å². The van der Waals surface area contributed by atoms with Gasteiger partial charge in [0.25, 0.3) is 0 Å². The van der Waals surface area contributed by atoms with E-state index in [9.17, 15) is 29.4 Å². The number of esters is 1. The van der Waals surface area contributed by atoms with Crippen molar-refractivity contribution in [3.8, 4) is 11.3 Å². The molecule has 4 atom stereocenters. The van der Waals surface area contributed by atoms with Crippen LogP contribution in [-0.4, -0.2) is 76.2 Å². The van der Waals surface area contributed by atoms with Crippen LogP contribution in [0.15, 0.2) is 79.0 Å². The van der Waals surface area contributed by atoms with Crippen molar-refractivity contribution in [3.63, 3.8) is 0 Å². The molecule has 0 aliphatic heterocycles. The number of rotatable bonds is 17. The van der Waals surface area contributed by atoms with Gasteiger partial charge in [-0.3, -0.25) is 29.6 Å². The second kappa shape index (κ2) is 18.7. The molecule has 0 aliphatic carbocycles. The minimum Gasteiger partial charge on any atom is -0.469 e. The topological polar surface area (TPSA) is 158 Å². The number of aliphatic hydroxyl groups is 2. The SMILES string of the molecule is COC(=O)C[C@H](C(=O)NN(Cc1ccc(-c2ccccn2)cc1)C[C@H](O)C(CC(=O)[C@@H](NC(=O)CO)C(C)(C)C)Cc1ccccc1)C(C)(C)C. The molecule has 2 amide bonds. The Balaban J connectivity index is 1.96. The molecule has 276 valence electrons. The molecule has 0 aliphatic rings. The average molecular weight is 703 g/mol. The van der Waals surface area contributed by atoms with Gasteiger partial charge in [0.2, 0.25) is 11.8 Å². The van der Waals surface area contributed by atoms with E-state index in [4.69, 9.17) is 4.74 Å². The highest BCUT2D eigenvalue weighted by atomic mass is 16.5. The van der Waals surface area contributed by atoms with Gasteiger partial charge in [0.15, 0.2) is 5.78 Å². The number of ether oxygens (including phenoxy) is 1. The number of amides is 2. The third-order valence-electron chi connectivity index (χ3n) is 8.91. The molecule has 1 heterocycles. The Kier molecular flexibility index (Phi) is 15.0. The number of carbonyl (C=O) groups is 4. The maximum absolute atomic E-state index is 13.9. The van der Waals surface area contributed by atoms with Crippen molar-refractivity contribution in [2.75, 3.05) is 20.3 Å². The third-order valence-corrected chi connectivity index (χ3v) is 8.91. The molecule has 0 spiro atoms. The minimum atomic E-state index is -1.11. The van der Waals surface area contributed by atoms with Gasteiger partial charge in [0.1, 0.15) is 6.61 Å². The van der Waals surface area contributed by atoms with Crippen molar-refractivity contribution in [1.82, 2.24) is 20.7 Å². The lowest BCUT2D eigenvalue weighted by Crippen LogP contribution is -2.52. The number of aliphatic hydroxyl groups excluding tert-OH is 2. The molecule has 1 aromatic heterocycles. The number of aromatic nitrogens is 1. The number of carbonyl (C=O) groups excluding carboxylic acids is 4. The Morgan fingerprint density at radius 2 is 1.49 bits per heavy atom. The zero-order chi connectivity index (χ0) is 37.8. The molecule has 0 radical (unpaired) electrons. The number of hydrogen-bond donors (Lipinski definition) is 4. The largest absolute Gasteiger partial charge is 0.469 e. The van der Waals surface area contributed by atoms with Gasteiger partial charge in [-0.2, -0.15) is 0 Å². The Hall–Kier alpha value is -4.45. The first-order valence-electron chi connectivity index (χ1n) is 17.3. The lowest BCUT2D eigenvalue weighted by Gasteiger charge is -2.35. The van der Waals surface area contributed by atoms with Crippen LogP contribution in [-0.2, 0) is 36.9 Å². The van der Waals surface area contributed by atoms with Crippen LogP contribution in [0.2, 0.25) is 0 Å². The Morgan fingerprint density at radius 1 is 0.843 bits per heavy atom. The molecule has 3 aromatic rings. The number of hydrazine groups is 1. The van der Waals surface area contributed by atoms with Crippen LogP contribution >= 0.6 is 0 Å². The first-order chi connectivity index (χ1) is 24.0. The number of pyridine rings is 1. The Bertz CT molecular complexity index is 1570. The van der Waals surface area contributed by atoms with E-state index in [2.05, 4.69) is 15.7 Å². The van der Waals surface area contributed by atoms with E-state index >= 15 is 0 Å². The molecular formula is C40H54N4O7. The number of benzene rings is 2. The van der Waals surface area contributed by atoms with Crippen LogP contribution in [0, 0.1) is 22.7 Å². The second-order valence-corrected chi connectivity index (χ2v) is 15.2. The fraction of sp³-hybridized carbons (Fsp3) is 0.475. The molecule has 3 rings (SSSR count). The molecule has 11 nitrogen and oxygen atoms in total. The highest BCUT2D eigenvalue weighted by Crippen LogP contribution is 2.30. The van der Waals surface area contributed by atoms with Crippen LogP contribution in [0.4, 0.5) is 0 Å². The van der Waals surface area contributed by atoms with Crippen molar-refractivity contribution in [2.45, 2.75) is 79.5 Å². The van der Waals surface area contributed by atoms with E-state index < -0.39 is 59.2 Å². The summed E-state index contributed by atoms with van der Waals surface area (Å²) in [4.78, 5) is 56.6. The van der Waals surface area contributed by atoms with Crippen LogP contribution in [0.5, 0.6) is 0 Å². The normalized spacial score (nSPS) is 14.2. The maximum Gasteiger partial charge on any atom is 0.306 e. The number of hydrogen-bond acceptors (Lipinski definition) is 9. The van der Waals surface area contributed by atoms with Gasteiger partial charge in [0, 0.05) is 31.3 Å². The summed E-state index contributed by atoms with van der Waals surface area (Å²) < 4.78 is 4.89. The van der Waals surface area contributed by atoms with E-state index in [0.717, 1.165) is 22.4 Å². The summed E-state index contributed by atoms with van der Waals surface area (Å²) in [7, 11) is 1.28. The lowest BCUT2D eigenvalue weighted by atomic mass is 9.78. The number of nitrogens with one attached hydrogen (secondary N) is 2. The first-order valence-corrected chi connectivity index (χ1v) is 17.3. The summed E-state index contributed by atoms with van der Waals surface area (Å²) in [5, 5.41) is 25.6. The minimum absolute atomic E-state index is 0.0449. The molecule has 1 unspecified atom stereocenters. The summed E-state index contributed by atoms with van der Waals surface area (Å²) >= 11 is 0. The summed E-state index contributed by atoms with van der Waals surface area (Å²) in [5.74, 6) is -3.19. The van der Waals surface area contributed by atoms with Crippen molar-refractivity contribution in [2.24, 2.45) is 22.7 Å². The highest BCUT2D eigenvalue weighted by molar-refractivity contribution is 5.90. The van der Waals surface area contributed by atoms with Gasteiger partial charge < -0.3 is 20.3 Å². The summed E-state index contributed by atoms with van der Waals surface area (Å²) in [6, 6.07) is 22.0. The molecule has 4 N–H and O–H groups in total. The third kappa shape index (κ3) is 13.0. The average Bonchev–Trinajstić information content (AvgIpc) is 3.08. The maximum atomic E-state index is 13.9. The van der Waals surface area contributed by atoms with Crippen LogP contribution in [0.3, 0.4) is 0 Å². The van der Waals surface area contributed by atoms with E-state index in [1.165, 1.54) is 7.11 Å². The van der Waals surface area contributed by atoms with Crippen LogP contribution in [0.1, 0.15) is 65.5 Å². The summed E-state index contributed by atoms with van der Waals surface area (Å²) in [5.41, 5.74) is 5.22. The molecule has 51 heavy (non-hydrogen) atoms. The number of nitrogens with zero attached hydrogens (tertiary/aromatic N) is 2. The molecular weight excluding hydrogens is 648 g/mol. The summed E-state index contributed by atoms with van der Waals surface area (Å²) in [6.45, 7) is 10.5. The van der Waals surface area contributed by atoms with Gasteiger partial charge in [-0.05, 0) is 46.4 Å². The van der Waals surface area contributed by atoms with Gasteiger partial charge >= 0.3 is 5.97 Å². The number of ketones is 1. The van der Waals surface area contributed by atoms with Gasteiger partial charge in [-0.1, -0.05) is 102 Å². The van der Waals surface area contributed by atoms with E-state index in [-0.39, 0.29) is 31.7 Å². The summed E-state index contributed by atoms with van der Waals surface area (Å²) in [6.07, 6.45) is 0.774. The fourth-order valence-corrected chi connectivity index (χ4v) is 5.96. The smallest absolute Gasteiger partial charge is 0.306 e. The molecule has 11 heteroatoms. The van der Waals surface area contributed by atoms with Crippen LogP contribution in [0.25, 0.3) is 11.3 Å². The van der Waals surface area contributed by atoms with Crippen molar-refractivity contribution < 1.29 is 34.1 Å². The monoisotopic (exact) mass is 702 g/mol. The molecule has 0 saturated carbocycles. The zero-order valence-electron chi connectivity index (χ0n) is 30.9. The predicted octanol–water partition coefficient (Wildman–Crippen LogP) is 4.51. The van der Waals surface area contributed by atoms with Gasteiger partial charge in [0.05, 0.1) is 37.3 Å². The standard InChI is InChI=1S/C40H54N4O7/c1-39(2,3)31(23-36(49)51-7)38(50)43-44(24-28-16-18-29(19-17-28)32-15-11-12-20-41-32)25-34(47)30(21-27-13-9-8-10-14-27)22-33(46)37(40(4,5)6)42-35(48)26-45/h8-20,30-31,34,37,45,47H,21-26H2,1-7H3,(H,42,48)(H,43,50)/t30?,31-,34+,37-/m1/s1. The molecule has 2 aromatic carbocycles. The quantitative estimate of drug-likeness (QED) is 0.117. The molecule has 0 saturated heterocycles. The van der Waals surface area contributed by atoms with Gasteiger partial charge in [-0.15, -0.1) is 0 Å². The highest BCUT2D eigenvalue weighted by Gasteiger charge is 2.37. The van der Waals surface area contributed by atoms with E-state index in [1.54, 1.807) is 11.2 Å². The number of methoxy groups -OCH3 is 1. The zero-order valence-corrected chi connectivity index (χ0v) is 30.9. The Labute approximate surface area is 301 Å². The predicted molar refractivity (Wildman–Crippen MR) is 196 cm³/mol. The fourth-order valence-electron chi connectivity index (χ4n) is 5.96. The lowest BCUT2D eigenvalue weighted by molar-refractivity contribution is -0.148. The first kappa shape index (κ1) is 41.0. The van der Waals surface area contributed by atoms with Crippen LogP contribution < -0.4 is 10.7 Å². The number of Topliss-reactive ketones (excluding diaryl/α,β-unsaturated/α-hetero) is 1. The van der Waals surface area contributed by atoms with Crippen molar-refractivity contribution in [3.05, 3.63) is 90.1 Å². The van der Waals surface area contributed by atoms with Gasteiger partial charge in [-0.25, -0.2) is 5.01 Å². The van der Waals surface area contributed by atoms with E-state index in [0.29, 0.717) is 6.42 Å². The van der Waals surface area contributed by atoms with E-state index in [1.807, 2.05) is 114 Å². The second-order valence-electron chi connectivity index (χ2n) is 15.2. The molecule has 0 fully saturated rings. The van der Waals surface area contributed by atoms with Crippen molar-refractivity contribution >= 4 is 23.6 Å².